The van der Waals surface area contributed by atoms with Crippen LogP contribution in [0.3, 0.4) is 0 Å². The van der Waals surface area contributed by atoms with Gasteiger partial charge in [-0.2, -0.15) is 0 Å². The molecule has 0 spiro atoms. The normalized spacial score (nSPS) is 14.1. The minimum Gasteiger partial charge on any atom is -0.394 e. The first kappa shape index (κ1) is 58.5. The van der Waals surface area contributed by atoms with Gasteiger partial charge in [-0.1, -0.05) is 225 Å². The number of amides is 1. The van der Waals surface area contributed by atoms with E-state index in [1.54, 1.807) is 6.08 Å². The van der Waals surface area contributed by atoms with E-state index < -0.39 is 12.1 Å². The molecule has 62 heavy (non-hydrogen) atoms. The van der Waals surface area contributed by atoms with Gasteiger partial charge in [-0.3, -0.25) is 4.79 Å². The van der Waals surface area contributed by atoms with Gasteiger partial charge in [0.25, 0.3) is 0 Å². The van der Waals surface area contributed by atoms with Gasteiger partial charge in [-0.25, -0.2) is 0 Å². The number of carbonyl (C=O) groups is 1. The van der Waals surface area contributed by atoms with Gasteiger partial charge >= 0.3 is 0 Å². The maximum atomic E-state index is 12.4. The van der Waals surface area contributed by atoms with Crippen LogP contribution in [0.25, 0.3) is 0 Å². The summed E-state index contributed by atoms with van der Waals surface area (Å²) in [6.07, 6.45) is 81.5. The molecule has 0 radical (unpaired) electrons. The number of carbonyl (C=O) groups excluding carboxylic acids is 1. The van der Waals surface area contributed by atoms with Crippen LogP contribution in [0.1, 0.15) is 206 Å². The van der Waals surface area contributed by atoms with Gasteiger partial charge in [-0.05, 0) is 109 Å². The van der Waals surface area contributed by atoms with Crippen LogP contribution in [0.4, 0.5) is 0 Å². The predicted molar refractivity (Wildman–Crippen MR) is 275 cm³/mol. The second kappa shape index (κ2) is 51.9. The van der Waals surface area contributed by atoms with E-state index in [9.17, 15) is 15.0 Å². The molecule has 0 aliphatic heterocycles. The van der Waals surface area contributed by atoms with E-state index in [-0.39, 0.29) is 12.5 Å². The topological polar surface area (TPSA) is 69.6 Å². The summed E-state index contributed by atoms with van der Waals surface area (Å²) in [7, 11) is 0. The molecule has 0 aromatic heterocycles. The molecule has 0 heterocycles. The molecule has 0 fully saturated rings. The highest BCUT2D eigenvalue weighted by atomic mass is 16.3. The summed E-state index contributed by atoms with van der Waals surface area (Å²) in [6.45, 7) is 4.16. The van der Waals surface area contributed by atoms with Crippen molar-refractivity contribution in [1.29, 1.82) is 0 Å². The Hall–Kier alpha value is -3.47. The fraction of sp³-hybridized carbons (Fsp3) is 0.603. The standard InChI is InChI=1S/C58H95NO3/c1-3-5-7-9-11-13-15-17-19-21-22-23-24-25-26-27-28-29-30-31-32-33-34-35-36-38-40-42-44-46-48-50-52-54-58(62)59-56(55-60)57(61)53-51-49-47-45-43-41-39-37-20-18-16-14-12-10-8-6-4-2/h5,7,11,13,17,19-20,22-23,25-26,28-29,31-32,34-35,37,43,45,51,53,56-57,60-61H,3-4,6,8-10,12,14-16,18,21,24,27,30,33,36,38-42,44,46-50,52,54-55H2,1-2H3,(H,59,62)/b7-5-,13-11-,19-17-,23-22-,26-25-,29-28-,32-31-,35-34-,37-20+,45-43+,53-51+. The maximum absolute atomic E-state index is 12.4. The first-order valence-electron chi connectivity index (χ1n) is 25.4. The van der Waals surface area contributed by atoms with Crippen LogP contribution < -0.4 is 5.32 Å². The molecule has 350 valence electrons. The van der Waals surface area contributed by atoms with Gasteiger partial charge < -0.3 is 15.5 Å². The number of hydrogen-bond donors (Lipinski definition) is 3. The molecule has 0 rings (SSSR count). The third kappa shape index (κ3) is 47.6. The zero-order valence-corrected chi connectivity index (χ0v) is 40.1. The summed E-state index contributed by atoms with van der Waals surface area (Å²) in [5, 5.41) is 23.0. The SMILES string of the molecule is CC/C=C\C/C=C\C/C=C\C/C=C\C/C=C\C/C=C\C/C=C\C/C=C\CCCCCCCCCCC(=O)NC(CO)C(O)/C=C/CC/C=C/CC/C=C/CCCCCCCCC. The molecule has 0 saturated carbocycles. The fourth-order valence-corrected chi connectivity index (χ4v) is 6.75. The van der Waals surface area contributed by atoms with E-state index in [0.717, 1.165) is 103 Å². The molecule has 4 heteroatoms. The second-order valence-electron chi connectivity index (χ2n) is 16.5. The lowest BCUT2D eigenvalue weighted by atomic mass is 10.1. The van der Waals surface area contributed by atoms with Crippen LogP contribution >= 0.6 is 0 Å². The number of aliphatic hydroxyl groups excluding tert-OH is 2. The van der Waals surface area contributed by atoms with E-state index in [1.165, 1.54) is 83.5 Å². The predicted octanol–water partition coefficient (Wildman–Crippen LogP) is 16.7. The van der Waals surface area contributed by atoms with E-state index in [0.29, 0.717) is 6.42 Å². The summed E-state index contributed by atoms with van der Waals surface area (Å²) in [6, 6.07) is -0.660. The molecule has 1 amide bonds. The lowest BCUT2D eigenvalue weighted by Gasteiger charge is -2.19. The van der Waals surface area contributed by atoms with Gasteiger partial charge in [-0.15, -0.1) is 0 Å². The Morgan fingerprint density at radius 2 is 0.726 bits per heavy atom. The maximum Gasteiger partial charge on any atom is 0.220 e. The lowest BCUT2D eigenvalue weighted by Crippen LogP contribution is -2.45. The summed E-state index contributed by atoms with van der Waals surface area (Å²) < 4.78 is 0. The van der Waals surface area contributed by atoms with Gasteiger partial charge in [0, 0.05) is 6.42 Å². The summed E-state index contributed by atoms with van der Waals surface area (Å²) in [5.41, 5.74) is 0. The van der Waals surface area contributed by atoms with Crippen LogP contribution in [-0.4, -0.2) is 34.9 Å². The smallest absolute Gasteiger partial charge is 0.220 e. The molecule has 0 saturated heterocycles. The lowest BCUT2D eigenvalue weighted by molar-refractivity contribution is -0.123. The molecule has 0 aromatic carbocycles. The van der Waals surface area contributed by atoms with Crippen molar-refractivity contribution >= 4 is 5.91 Å². The van der Waals surface area contributed by atoms with Crippen LogP contribution in [0, 0.1) is 0 Å². The Balaban J connectivity index is 3.69. The van der Waals surface area contributed by atoms with Crippen molar-refractivity contribution < 1.29 is 15.0 Å². The van der Waals surface area contributed by atoms with Crippen molar-refractivity contribution in [2.75, 3.05) is 6.61 Å². The monoisotopic (exact) mass is 854 g/mol. The summed E-state index contributed by atoms with van der Waals surface area (Å²) in [4.78, 5) is 12.4. The summed E-state index contributed by atoms with van der Waals surface area (Å²) in [5.74, 6) is -0.0932. The highest BCUT2D eigenvalue weighted by Gasteiger charge is 2.17. The molecule has 2 atom stereocenters. The van der Waals surface area contributed by atoms with E-state index in [1.807, 2.05) is 6.08 Å². The Morgan fingerprint density at radius 3 is 1.13 bits per heavy atom. The zero-order chi connectivity index (χ0) is 44.9. The van der Waals surface area contributed by atoms with Crippen molar-refractivity contribution in [2.24, 2.45) is 0 Å². The molecule has 0 bridgehead atoms. The molecule has 0 aromatic rings. The number of unbranched alkanes of at least 4 members (excludes halogenated alkanes) is 17. The number of allylic oxidation sites excluding steroid dienone is 21. The van der Waals surface area contributed by atoms with Crippen molar-refractivity contribution in [3.05, 3.63) is 134 Å². The van der Waals surface area contributed by atoms with Crippen molar-refractivity contribution in [1.82, 2.24) is 5.32 Å². The van der Waals surface area contributed by atoms with E-state index in [2.05, 4.69) is 141 Å². The Kier molecular flexibility index (Phi) is 49.0. The number of aliphatic hydroxyl groups is 2. The minimum atomic E-state index is -0.883. The molecular formula is C58H95NO3. The van der Waals surface area contributed by atoms with Gasteiger partial charge in [0.1, 0.15) is 0 Å². The molecule has 0 aliphatic carbocycles. The van der Waals surface area contributed by atoms with Gasteiger partial charge in [0.15, 0.2) is 0 Å². The first-order chi connectivity index (χ1) is 30.7. The highest BCUT2D eigenvalue weighted by molar-refractivity contribution is 5.76. The van der Waals surface area contributed by atoms with Crippen molar-refractivity contribution in [2.45, 2.75) is 219 Å². The van der Waals surface area contributed by atoms with E-state index in [4.69, 9.17) is 0 Å². The number of hydrogen-bond acceptors (Lipinski definition) is 3. The zero-order valence-electron chi connectivity index (χ0n) is 40.1. The fourth-order valence-electron chi connectivity index (χ4n) is 6.75. The van der Waals surface area contributed by atoms with Crippen LogP contribution in [0.5, 0.6) is 0 Å². The molecular weight excluding hydrogens is 759 g/mol. The van der Waals surface area contributed by atoms with Crippen LogP contribution in [-0.2, 0) is 4.79 Å². The van der Waals surface area contributed by atoms with Crippen LogP contribution in [0.15, 0.2) is 134 Å². The average Bonchev–Trinajstić information content (AvgIpc) is 3.28. The quantitative estimate of drug-likeness (QED) is 0.0422. The minimum absolute atomic E-state index is 0.0932. The molecule has 0 aliphatic rings. The molecule has 2 unspecified atom stereocenters. The van der Waals surface area contributed by atoms with Crippen molar-refractivity contribution in [3.63, 3.8) is 0 Å². The van der Waals surface area contributed by atoms with Gasteiger partial charge in [0.2, 0.25) is 5.91 Å². The van der Waals surface area contributed by atoms with E-state index >= 15 is 0 Å². The molecule has 4 nitrogen and oxygen atoms in total. The largest absolute Gasteiger partial charge is 0.394 e. The van der Waals surface area contributed by atoms with Crippen LogP contribution in [0.2, 0.25) is 0 Å². The third-order valence-electron chi connectivity index (χ3n) is 10.6. The Morgan fingerprint density at radius 1 is 0.403 bits per heavy atom. The highest BCUT2D eigenvalue weighted by Crippen LogP contribution is 2.12. The Bertz CT molecular complexity index is 1290. The summed E-state index contributed by atoms with van der Waals surface area (Å²) >= 11 is 0. The number of rotatable bonds is 44. The first-order valence-corrected chi connectivity index (χ1v) is 25.4. The second-order valence-corrected chi connectivity index (χ2v) is 16.5. The average molecular weight is 854 g/mol. The van der Waals surface area contributed by atoms with Gasteiger partial charge in [0.05, 0.1) is 18.8 Å². The van der Waals surface area contributed by atoms with Crippen molar-refractivity contribution in [3.8, 4) is 0 Å². The molecule has 3 N–H and O–H groups in total. The Labute approximate surface area is 383 Å². The number of nitrogens with one attached hydrogen (secondary N) is 1. The third-order valence-corrected chi connectivity index (χ3v) is 10.6.